The number of aromatic nitrogens is 4. The molecule has 6 heterocycles. The molecule has 2 saturated heterocycles. The Hall–Kier alpha value is -6.71. The minimum Gasteiger partial charge on any atom is -0.371 e. The highest BCUT2D eigenvalue weighted by molar-refractivity contribution is 6.15. The number of anilines is 2. The number of fused-ring (bicyclic) bond motifs is 2. The summed E-state index contributed by atoms with van der Waals surface area (Å²) in [5, 5.41) is 10.5. The third kappa shape index (κ3) is 7.51. The van der Waals surface area contributed by atoms with Crippen molar-refractivity contribution in [3.8, 4) is 11.1 Å². The molecule has 2 aromatic heterocycles. The summed E-state index contributed by atoms with van der Waals surface area (Å²) in [6, 6.07) is 13.4. The molecule has 64 heavy (non-hydrogen) atoms. The maximum Gasteiger partial charge on any atom is 0.270 e. The summed E-state index contributed by atoms with van der Waals surface area (Å²) >= 11 is 0. The fourth-order valence-electron chi connectivity index (χ4n) is 9.90. The zero-order chi connectivity index (χ0) is 45.0. The van der Waals surface area contributed by atoms with Crippen LogP contribution in [0.4, 0.5) is 20.2 Å². The smallest absolute Gasteiger partial charge is 0.270 e. The normalized spacial score (nSPS) is 19.0. The van der Waals surface area contributed by atoms with Crippen molar-refractivity contribution in [1.82, 2.24) is 35.1 Å². The highest BCUT2D eigenvalue weighted by Crippen LogP contribution is 2.49. The van der Waals surface area contributed by atoms with Crippen molar-refractivity contribution in [2.75, 3.05) is 49.6 Å². The Labute approximate surface area is 369 Å². The molecule has 0 radical (unpaired) electrons. The standard InChI is InChI=1S/C48H51F2N9O5/c1-5-55(4)46(63)36-26-34-33(25-32(43(50)44(34)52-36)30-8-7-19-57(27-30)41(61)17-22-58-23-18-51-54-58)31-12-11-29(24-35(31)49)28-15-20-56(21-16-28)37-9-6-10-38-42(37)48(2,3)47(64)59(38)39-13-14-40(60)53-45(39)62/h6,8-12,18,23-26,28,39,52H,5,7,13-17,19-22,27H2,1-4H3,(H,53,60,62). The molecule has 0 spiro atoms. The number of nitrogens with zero attached hydrogens (tertiary/aromatic N) is 7. The van der Waals surface area contributed by atoms with Gasteiger partial charge in [0.15, 0.2) is 5.82 Å². The first kappa shape index (κ1) is 42.6. The van der Waals surface area contributed by atoms with E-state index in [1.54, 1.807) is 58.2 Å². The largest absolute Gasteiger partial charge is 0.371 e. The molecule has 16 heteroatoms. The van der Waals surface area contributed by atoms with Gasteiger partial charge in [-0.25, -0.2) is 8.78 Å². The van der Waals surface area contributed by atoms with Gasteiger partial charge in [0.05, 0.1) is 29.4 Å². The molecular formula is C48H51F2N9O5. The molecule has 14 nitrogen and oxygen atoms in total. The molecule has 1 atom stereocenters. The van der Waals surface area contributed by atoms with Gasteiger partial charge in [0.2, 0.25) is 23.6 Å². The van der Waals surface area contributed by atoms with Gasteiger partial charge >= 0.3 is 0 Å². The van der Waals surface area contributed by atoms with Crippen LogP contribution < -0.4 is 15.1 Å². The van der Waals surface area contributed by atoms with Gasteiger partial charge in [-0.2, -0.15) is 0 Å². The lowest BCUT2D eigenvalue weighted by Gasteiger charge is -2.36. The van der Waals surface area contributed by atoms with Crippen LogP contribution in [0.1, 0.15) is 92.4 Å². The maximum atomic E-state index is 16.7. The number of amides is 5. The average molecular weight is 872 g/mol. The Morgan fingerprint density at radius 3 is 2.45 bits per heavy atom. The number of benzene rings is 3. The van der Waals surface area contributed by atoms with E-state index in [2.05, 4.69) is 25.5 Å². The lowest BCUT2D eigenvalue weighted by Crippen LogP contribution is -2.55. The molecule has 5 aromatic rings. The van der Waals surface area contributed by atoms with E-state index in [1.807, 2.05) is 51.1 Å². The summed E-state index contributed by atoms with van der Waals surface area (Å²) in [5.74, 6) is -2.43. The molecule has 1 unspecified atom stereocenters. The molecule has 5 amide bonds. The summed E-state index contributed by atoms with van der Waals surface area (Å²) in [4.78, 5) is 75.5. The first-order valence-corrected chi connectivity index (χ1v) is 22.0. The van der Waals surface area contributed by atoms with Crippen LogP contribution in [0.5, 0.6) is 0 Å². The molecule has 0 saturated carbocycles. The Bertz CT molecular complexity index is 2740. The van der Waals surface area contributed by atoms with Crippen molar-refractivity contribution < 1.29 is 32.8 Å². The van der Waals surface area contributed by atoms with Crippen LogP contribution in [0.25, 0.3) is 27.6 Å². The van der Waals surface area contributed by atoms with Crippen LogP contribution in [0.3, 0.4) is 0 Å². The minimum absolute atomic E-state index is 0.0384. The Morgan fingerprint density at radius 1 is 0.953 bits per heavy atom. The fraction of sp³-hybridized carbons (Fsp3) is 0.396. The Balaban J connectivity index is 0.980. The topological polar surface area (TPSA) is 157 Å². The highest BCUT2D eigenvalue weighted by Gasteiger charge is 2.50. The molecule has 332 valence electrons. The van der Waals surface area contributed by atoms with Crippen molar-refractivity contribution in [2.45, 2.75) is 83.2 Å². The van der Waals surface area contributed by atoms with Gasteiger partial charge in [0, 0.05) is 86.6 Å². The molecule has 3 aromatic carbocycles. The second-order valence-corrected chi connectivity index (χ2v) is 17.8. The third-order valence-electron chi connectivity index (χ3n) is 13.6. The van der Waals surface area contributed by atoms with Crippen molar-refractivity contribution in [2.24, 2.45) is 0 Å². The van der Waals surface area contributed by atoms with E-state index < -0.39 is 29.0 Å². The number of imide groups is 1. The lowest BCUT2D eigenvalue weighted by atomic mass is 9.83. The first-order chi connectivity index (χ1) is 30.7. The predicted octanol–water partition coefficient (Wildman–Crippen LogP) is 6.32. The predicted molar refractivity (Wildman–Crippen MR) is 237 cm³/mol. The number of carbonyl (C=O) groups is 5. The molecule has 4 aliphatic heterocycles. The Morgan fingerprint density at radius 2 is 1.73 bits per heavy atom. The molecule has 2 fully saturated rings. The van der Waals surface area contributed by atoms with Crippen molar-refractivity contribution >= 4 is 57.4 Å². The van der Waals surface area contributed by atoms with Crippen molar-refractivity contribution in [1.29, 1.82) is 0 Å². The molecule has 9 rings (SSSR count). The quantitative estimate of drug-likeness (QED) is 0.155. The van der Waals surface area contributed by atoms with Crippen LogP contribution in [0, 0.1) is 11.6 Å². The van der Waals surface area contributed by atoms with E-state index >= 15 is 8.78 Å². The van der Waals surface area contributed by atoms with Gasteiger partial charge in [0.1, 0.15) is 17.6 Å². The summed E-state index contributed by atoms with van der Waals surface area (Å²) in [6.07, 6.45) is 7.73. The van der Waals surface area contributed by atoms with Gasteiger partial charge in [-0.1, -0.05) is 29.5 Å². The van der Waals surface area contributed by atoms with Crippen LogP contribution >= 0.6 is 0 Å². The monoisotopic (exact) mass is 871 g/mol. The highest BCUT2D eigenvalue weighted by atomic mass is 19.1. The van der Waals surface area contributed by atoms with Gasteiger partial charge in [0.25, 0.3) is 5.91 Å². The molecule has 2 N–H and O–H groups in total. The number of aryl methyl sites for hydroxylation is 1. The minimum atomic E-state index is -0.905. The SMILES string of the molecule is CCN(C)C(=O)c1cc2c(-c3ccc(C4CCN(c5cccc6c5C(C)(C)C(=O)N6C5CCC(=O)NC5=O)CC4)cc3F)cc(C3=CCCN(C(=O)CCn4ccnn4)C3)c(F)c2[nH]1. The average Bonchev–Trinajstić information content (AvgIpc) is 4.04. The van der Waals surface area contributed by atoms with Gasteiger partial charge in [-0.15, -0.1) is 5.10 Å². The van der Waals surface area contributed by atoms with E-state index in [-0.39, 0.29) is 77.7 Å². The number of nitrogens with one attached hydrogen (secondary N) is 2. The van der Waals surface area contributed by atoms with E-state index in [0.717, 1.165) is 29.7 Å². The lowest BCUT2D eigenvalue weighted by molar-refractivity contribution is -0.136. The summed E-state index contributed by atoms with van der Waals surface area (Å²) in [6.45, 7) is 8.33. The maximum absolute atomic E-state index is 16.7. The number of H-pyrrole nitrogens is 1. The zero-order valence-electron chi connectivity index (χ0n) is 36.4. The van der Waals surface area contributed by atoms with Crippen LogP contribution in [-0.2, 0) is 31.1 Å². The first-order valence-electron chi connectivity index (χ1n) is 22.0. The summed E-state index contributed by atoms with van der Waals surface area (Å²) in [5.41, 5.74) is 4.17. The van der Waals surface area contributed by atoms with Crippen molar-refractivity contribution in [3.05, 3.63) is 101 Å². The fourth-order valence-corrected chi connectivity index (χ4v) is 9.90. The molecule has 0 aliphatic carbocycles. The molecule has 4 aliphatic rings. The van der Waals surface area contributed by atoms with Crippen molar-refractivity contribution in [3.63, 3.8) is 0 Å². The van der Waals surface area contributed by atoms with E-state index in [0.29, 0.717) is 61.4 Å². The number of rotatable bonds is 10. The third-order valence-corrected chi connectivity index (χ3v) is 13.6. The number of piperidine rings is 2. The number of carbonyl (C=O) groups excluding carboxylic acids is 5. The zero-order valence-corrected chi connectivity index (χ0v) is 36.4. The molecule has 0 bridgehead atoms. The van der Waals surface area contributed by atoms with Gasteiger partial charge in [-0.3, -0.25) is 38.9 Å². The van der Waals surface area contributed by atoms with Crippen LogP contribution in [0.15, 0.2) is 67.0 Å². The van der Waals surface area contributed by atoms with Gasteiger partial charge in [-0.05, 0) is 99.4 Å². The van der Waals surface area contributed by atoms with Gasteiger partial charge < -0.3 is 19.7 Å². The van der Waals surface area contributed by atoms with E-state index in [4.69, 9.17) is 0 Å². The van der Waals surface area contributed by atoms with E-state index in [1.165, 1.54) is 4.90 Å². The number of hydrogen-bond donors (Lipinski definition) is 2. The Kier molecular flexibility index (Phi) is 11.2. The summed E-state index contributed by atoms with van der Waals surface area (Å²) in [7, 11) is 1.66. The number of aromatic amines is 1. The van der Waals surface area contributed by atoms with Crippen LogP contribution in [0.2, 0.25) is 0 Å². The molecular weight excluding hydrogens is 821 g/mol. The summed E-state index contributed by atoms with van der Waals surface area (Å²) < 4.78 is 35.0. The van der Waals surface area contributed by atoms with Crippen LogP contribution in [-0.4, -0.2) is 105 Å². The second kappa shape index (κ2) is 16.8. The number of hydrogen-bond acceptors (Lipinski definition) is 8. The van der Waals surface area contributed by atoms with E-state index in [9.17, 15) is 24.0 Å². The number of halogens is 2. The second-order valence-electron chi connectivity index (χ2n) is 17.8.